The minimum atomic E-state index is 0.0240. The van der Waals surface area contributed by atoms with Crippen molar-refractivity contribution >= 4 is 5.91 Å². The van der Waals surface area contributed by atoms with Gasteiger partial charge in [-0.25, -0.2) is 0 Å². The second-order valence-corrected chi connectivity index (χ2v) is 4.77. The van der Waals surface area contributed by atoms with E-state index in [-0.39, 0.29) is 5.91 Å². The van der Waals surface area contributed by atoms with E-state index >= 15 is 0 Å². The van der Waals surface area contributed by atoms with E-state index in [1.807, 2.05) is 37.3 Å². The zero-order valence-corrected chi connectivity index (χ0v) is 12.8. The van der Waals surface area contributed by atoms with Crippen LogP contribution in [0.25, 0.3) is 0 Å². The lowest BCUT2D eigenvalue weighted by Gasteiger charge is -2.12. The summed E-state index contributed by atoms with van der Waals surface area (Å²) < 4.78 is 11.1. The monoisotopic (exact) mass is 300 g/mol. The van der Waals surface area contributed by atoms with E-state index in [2.05, 4.69) is 10.3 Å². The summed E-state index contributed by atoms with van der Waals surface area (Å²) in [5, 5.41) is 2.83. The summed E-state index contributed by atoms with van der Waals surface area (Å²) in [5.74, 6) is 1.33. The largest absolute Gasteiger partial charge is 0.493 e. The molecule has 1 heterocycles. The van der Waals surface area contributed by atoms with Crippen molar-refractivity contribution in [2.75, 3.05) is 7.11 Å². The second kappa shape index (κ2) is 8.02. The highest BCUT2D eigenvalue weighted by Crippen LogP contribution is 2.28. The number of benzene rings is 1. The minimum Gasteiger partial charge on any atom is -0.493 e. The molecule has 2 aromatic rings. The highest BCUT2D eigenvalue weighted by atomic mass is 16.5. The number of aromatic nitrogens is 1. The molecule has 0 saturated carbocycles. The number of pyridine rings is 1. The number of hydrogen-bond acceptors (Lipinski definition) is 4. The van der Waals surface area contributed by atoms with Crippen molar-refractivity contribution in [3.63, 3.8) is 0 Å². The van der Waals surface area contributed by atoms with Crippen LogP contribution in [0.1, 0.15) is 24.5 Å². The SMILES string of the molecule is CCC(=O)NCc1ccc(OCc2cccnc2)c(OC)c1. The number of amides is 1. The molecule has 2 rings (SSSR count). The number of hydrogen-bond donors (Lipinski definition) is 1. The number of nitrogens with one attached hydrogen (secondary N) is 1. The van der Waals surface area contributed by atoms with Gasteiger partial charge in [0.15, 0.2) is 11.5 Å². The van der Waals surface area contributed by atoms with E-state index in [0.29, 0.717) is 31.1 Å². The Morgan fingerprint density at radius 3 is 2.77 bits per heavy atom. The zero-order valence-electron chi connectivity index (χ0n) is 12.8. The molecule has 1 aromatic heterocycles. The van der Waals surface area contributed by atoms with Crippen LogP contribution in [0.15, 0.2) is 42.7 Å². The Bertz CT molecular complexity index is 615. The Labute approximate surface area is 130 Å². The molecule has 5 nitrogen and oxygen atoms in total. The summed E-state index contributed by atoms with van der Waals surface area (Å²) in [6, 6.07) is 9.46. The van der Waals surface area contributed by atoms with Gasteiger partial charge >= 0.3 is 0 Å². The molecular weight excluding hydrogens is 280 g/mol. The number of methoxy groups -OCH3 is 1. The third-order valence-corrected chi connectivity index (χ3v) is 3.16. The predicted octanol–water partition coefficient (Wildman–Crippen LogP) is 2.70. The summed E-state index contributed by atoms with van der Waals surface area (Å²) in [5.41, 5.74) is 1.95. The predicted molar refractivity (Wildman–Crippen MR) is 83.7 cm³/mol. The third kappa shape index (κ3) is 4.48. The van der Waals surface area contributed by atoms with Crippen LogP contribution in [0.5, 0.6) is 11.5 Å². The molecule has 0 bridgehead atoms. The lowest BCUT2D eigenvalue weighted by atomic mass is 10.2. The van der Waals surface area contributed by atoms with Gasteiger partial charge in [0.05, 0.1) is 7.11 Å². The molecule has 5 heteroatoms. The molecule has 0 saturated heterocycles. The Kier molecular flexibility index (Phi) is 5.77. The molecule has 116 valence electrons. The van der Waals surface area contributed by atoms with Gasteiger partial charge < -0.3 is 14.8 Å². The fourth-order valence-corrected chi connectivity index (χ4v) is 1.91. The molecule has 0 aliphatic heterocycles. The summed E-state index contributed by atoms with van der Waals surface area (Å²) >= 11 is 0. The van der Waals surface area contributed by atoms with Crippen LogP contribution in [0.3, 0.4) is 0 Å². The molecule has 0 fully saturated rings. The van der Waals surface area contributed by atoms with E-state index in [1.165, 1.54) is 0 Å². The first kappa shape index (κ1) is 15.8. The normalized spacial score (nSPS) is 10.1. The van der Waals surface area contributed by atoms with Crippen molar-refractivity contribution in [1.82, 2.24) is 10.3 Å². The smallest absolute Gasteiger partial charge is 0.219 e. The van der Waals surface area contributed by atoms with Gasteiger partial charge in [-0.15, -0.1) is 0 Å². The standard InChI is InChI=1S/C17H20N2O3/c1-3-17(20)19-11-13-6-7-15(16(9-13)21-2)22-12-14-5-4-8-18-10-14/h4-10H,3,11-12H2,1-2H3,(H,19,20). The maximum Gasteiger partial charge on any atom is 0.219 e. The second-order valence-electron chi connectivity index (χ2n) is 4.77. The van der Waals surface area contributed by atoms with Gasteiger partial charge in [0, 0.05) is 30.9 Å². The molecule has 0 unspecified atom stereocenters. The lowest BCUT2D eigenvalue weighted by Crippen LogP contribution is -2.21. The molecule has 0 spiro atoms. The number of nitrogens with zero attached hydrogens (tertiary/aromatic N) is 1. The van der Waals surface area contributed by atoms with Crippen molar-refractivity contribution in [1.29, 1.82) is 0 Å². The van der Waals surface area contributed by atoms with Crippen molar-refractivity contribution in [3.8, 4) is 11.5 Å². The minimum absolute atomic E-state index is 0.0240. The Morgan fingerprint density at radius 2 is 2.09 bits per heavy atom. The van der Waals surface area contributed by atoms with Gasteiger partial charge in [0.25, 0.3) is 0 Å². The molecule has 0 aliphatic rings. The summed E-state index contributed by atoms with van der Waals surface area (Å²) in [6.45, 7) is 2.73. The summed E-state index contributed by atoms with van der Waals surface area (Å²) in [7, 11) is 1.60. The number of ether oxygens (including phenoxy) is 2. The number of carbonyl (C=O) groups is 1. The van der Waals surface area contributed by atoms with Crippen LogP contribution in [0.4, 0.5) is 0 Å². The Hall–Kier alpha value is -2.56. The van der Waals surface area contributed by atoms with Gasteiger partial charge in [-0.1, -0.05) is 19.1 Å². The average Bonchev–Trinajstić information content (AvgIpc) is 2.58. The topological polar surface area (TPSA) is 60.5 Å². The number of rotatable bonds is 7. The van der Waals surface area contributed by atoms with E-state index < -0.39 is 0 Å². The number of carbonyl (C=O) groups excluding carboxylic acids is 1. The van der Waals surface area contributed by atoms with Gasteiger partial charge in [-0.3, -0.25) is 9.78 Å². The summed E-state index contributed by atoms with van der Waals surface area (Å²) in [6.07, 6.45) is 3.97. The molecule has 1 aromatic carbocycles. The first-order chi connectivity index (χ1) is 10.7. The van der Waals surface area contributed by atoms with Crippen molar-refractivity contribution in [3.05, 3.63) is 53.9 Å². The van der Waals surface area contributed by atoms with E-state index in [1.54, 1.807) is 19.5 Å². The first-order valence-corrected chi connectivity index (χ1v) is 7.18. The Balaban J connectivity index is 2.01. The molecule has 0 radical (unpaired) electrons. The van der Waals surface area contributed by atoms with Crippen molar-refractivity contribution in [2.24, 2.45) is 0 Å². The molecule has 0 aliphatic carbocycles. The van der Waals surface area contributed by atoms with Crippen molar-refractivity contribution in [2.45, 2.75) is 26.5 Å². The lowest BCUT2D eigenvalue weighted by molar-refractivity contribution is -0.120. The van der Waals surface area contributed by atoms with Crippen LogP contribution < -0.4 is 14.8 Å². The first-order valence-electron chi connectivity index (χ1n) is 7.18. The van der Waals surface area contributed by atoms with Crippen LogP contribution >= 0.6 is 0 Å². The molecule has 22 heavy (non-hydrogen) atoms. The average molecular weight is 300 g/mol. The fourth-order valence-electron chi connectivity index (χ4n) is 1.91. The van der Waals surface area contributed by atoms with Gasteiger partial charge in [-0.2, -0.15) is 0 Å². The maximum atomic E-state index is 11.3. The van der Waals surface area contributed by atoms with Crippen LogP contribution in [0, 0.1) is 0 Å². The van der Waals surface area contributed by atoms with E-state index in [0.717, 1.165) is 11.1 Å². The molecule has 0 atom stereocenters. The van der Waals surface area contributed by atoms with E-state index in [9.17, 15) is 4.79 Å². The highest BCUT2D eigenvalue weighted by molar-refractivity contribution is 5.75. The zero-order chi connectivity index (χ0) is 15.8. The van der Waals surface area contributed by atoms with Crippen LogP contribution in [0.2, 0.25) is 0 Å². The van der Waals surface area contributed by atoms with Crippen molar-refractivity contribution < 1.29 is 14.3 Å². The van der Waals surface area contributed by atoms with Gasteiger partial charge in [0.1, 0.15) is 6.61 Å². The highest BCUT2D eigenvalue weighted by Gasteiger charge is 2.07. The quantitative estimate of drug-likeness (QED) is 0.854. The fraction of sp³-hybridized carbons (Fsp3) is 0.294. The van der Waals surface area contributed by atoms with E-state index in [4.69, 9.17) is 9.47 Å². The van der Waals surface area contributed by atoms with Crippen LogP contribution in [-0.4, -0.2) is 18.0 Å². The molecular formula is C17H20N2O3. The van der Waals surface area contributed by atoms with Crippen LogP contribution in [-0.2, 0) is 17.9 Å². The van der Waals surface area contributed by atoms with Gasteiger partial charge in [-0.05, 0) is 23.8 Å². The maximum absolute atomic E-state index is 11.3. The third-order valence-electron chi connectivity index (χ3n) is 3.16. The Morgan fingerprint density at radius 1 is 1.23 bits per heavy atom. The molecule has 1 amide bonds. The summed E-state index contributed by atoms with van der Waals surface area (Å²) in [4.78, 5) is 15.3. The molecule has 1 N–H and O–H groups in total. The van der Waals surface area contributed by atoms with Gasteiger partial charge in [0.2, 0.25) is 5.91 Å².